The van der Waals surface area contributed by atoms with Gasteiger partial charge in [-0.2, -0.15) is 4.98 Å². The van der Waals surface area contributed by atoms with E-state index in [9.17, 15) is 4.79 Å². The van der Waals surface area contributed by atoms with Gasteiger partial charge in [0.2, 0.25) is 6.79 Å². The van der Waals surface area contributed by atoms with Crippen molar-refractivity contribution in [1.82, 2.24) is 14.8 Å². The van der Waals surface area contributed by atoms with Crippen LogP contribution < -0.4 is 24.3 Å². The van der Waals surface area contributed by atoms with E-state index in [-0.39, 0.29) is 18.7 Å². The lowest BCUT2D eigenvalue weighted by Gasteiger charge is -2.09. The lowest BCUT2D eigenvalue weighted by Crippen LogP contribution is -2.12. The summed E-state index contributed by atoms with van der Waals surface area (Å²) in [6, 6.07) is 20.2. The molecule has 1 aromatic heterocycles. The van der Waals surface area contributed by atoms with Gasteiger partial charge in [-0.3, -0.25) is 4.79 Å². The van der Waals surface area contributed by atoms with Crippen LogP contribution in [0.4, 0.5) is 5.69 Å². The van der Waals surface area contributed by atoms with E-state index in [1.807, 2.05) is 43.3 Å². The number of aromatic nitrogens is 3. The van der Waals surface area contributed by atoms with E-state index in [0.717, 1.165) is 11.3 Å². The molecule has 0 unspecified atom stereocenters. The first kappa shape index (κ1) is 24.1. The Kier molecular flexibility index (Phi) is 7.18. The summed E-state index contributed by atoms with van der Waals surface area (Å²) >= 11 is 0. The molecule has 1 N–H and O–H groups in total. The van der Waals surface area contributed by atoms with Crippen molar-refractivity contribution in [3.8, 4) is 40.3 Å². The lowest BCUT2D eigenvalue weighted by atomic mass is 10.1. The van der Waals surface area contributed by atoms with Gasteiger partial charge in [0.25, 0.3) is 5.91 Å². The van der Waals surface area contributed by atoms with E-state index >= 15 is 0 Å². The Bertz CT molecular complexity index is 1390. The van der Waals surface area contributed by atoms with Crippen molar-refractivity contribution in [2.24, 2.45) is 0 Å². The Morgan fingerprint density at radius 1 is 1.03 bits per heavy atom. The normalized spacial score (nSPS) is 11.8. The third kappa shape index (κ3) is 5.49. The molecule has 0 bridgehead atoms. The number of methoxy groups -OCH3 is 1. The van der Waals surface area contributed by atoms with Crippen molar-refractivity contribution in [2.45, 2.75) is 6.92 Å². The summed E-state index contributed by atoms with van der Waals surface area (Å²) in [6.45, 7) is 3.46. The molecular formula is C27H26N4O6. The van der Waals surface area contributed by atoms with Gasteiger partial charge in [-0.1, -0.05) is 12.1 Å². The predicted molar refractivity (Wildman–Crippen MR) is 136 cm³/mol. The zero-order valence-electron chi connectivity index (χ0n) is 20.5. The van der Waals surface area contributed by atoms with E-state index in [1.54, 1.807) is 42.1 Å². The highest BCUT2D eigenvalue weighted by atomic mass is 16.7. The molecule has 0 saturated carbocycles. The molecular weight excluding hydrogens is 476 g/mol. The fourth-order valence-corrected chi connectivity index (χ4v) is 3.75. The van der Waals surface area contributed by atoms with E-state index in [1.165, 1.54) is 0 Å². The van der Waals surface area contributed by atoms with Crippen molar-refractivity contribution in [3.05, 3.63) is 72.3 Å². The monoisotopic (exact) mass is 502 g/mol. The molecule has 0 fully saturated rings. The van der Waals surface area contributed by atoms with Gasteiger partial charge in [0.15, 0.2) is 17.3 Å². The number of rotatable bonds is 10. The van der Waals surface area contributed by atoms with Crippen LogP contribution in [0.3, 0.4) is 0 Å². The minimum atomic E-state index is -0.256. The van der Waals surface area contributed by atoms with Crippen LogP contribution in [-0.2, 0) is 4.74 Å². The molecule has 4 aromatic rings. The highest BCUT2D eigenvalue weighted by Gasteiger charge is 2.18. The number of benzene rings is 3. The van der Waals surface area contributed by atoms with Crippen LogP contribution in [0.25, 0.3) is 17.1 Å². The van der Waals surface area contributed by atoms with Gasteiger partial charge in [0, 0.05) is 23.4 Å². The molecule has 190 valence electrons. The van der Waals surface area contributed by atoms with E-state index in [4.69, 9.17) is 23.7 Å². The number of amides is 1. The molecule has 0 radical (unpaired) electrons. The summed E-state index contributed by atoms with van der Waals surface area (Å²) in [5, 5.41) is 7.45. The smallest absolute Gasteiger partial charge is 0.336 e. The Labute approximate surface area is 213 Å². The second kappa shape index (κ2) is 11.0. The first-order valence-electron chi connectivity index (χ1n) is 11.8. The Hall–Kier alpha value is -4.57. The second-order valence-corrected chi connectivity index (χ2v) is 7.98. The summed E-state index contributed by atoms with van der Waals surface area (Å²) in [6.07, 6.45) is 0. The van der Waals surface area contributed by atoms with E-state index < -0.39 is 0 Å². The summed E-state index contributed by atoms with van der Waals surface area (Å²) in [5.41, 5.74) is 2.65. The average molecular weight is 503 g/mol. The Morgan fingerprint density at radius 2 is 1.86 bits per heavy atom. The van der Waals surface area contributed by atoms with Crippen LogP contribution in [0, 0.1) is 0 Å². The standard InChI is InChI=1S/C27H26N4O6/c1-3-34-13-14-35-27-29-25(18-5-4-6-22(15-18)33-2)31(30-27)21-10-8-20(9-11-21)28-26(32)19-7-12-23-24(16-19)37-17-36-23/h4-12,15-16H,3,13-14,17H2,1-2H3,(H,28,32). The van der Waals surface area contributed by atoms with Crippen LogP contribution in [0.1, 0.15) is 17.3 Å². The number of carbonyl (C=O) groups excluding carboxylic acids is 1. The molecule has 10 heteroatoms. The molecule has 0 saturated heterocycles. The molecule has 3 aromatic carbocycles. The van der Waals surface area contributed by atoms with Crippen molar-refractivity contribution in [2.75, 3.05) is 39.0 Å². The SMILES string of the molecule is CCOCCOc1nc(-c2cccc(OC)c2)n(-c2ccc(NC(=O)c3ccc4c(c3)OCO4)cc2)n1. The molecule has 0 atom stereocenters. The minimum Gasteiger partial charge on any atom is -0.497 e. The van der Waals surface area contributed by atoms with Crippen molar-refractivity contribution in [3.63, 3.8) is 0 Å². The number of ether oxygens (including phenoxy) is 5. The maximum Gasteiger partial charge on any atom is 0.336 e. The third-order valence-corrected chi connectivity index (χ3v) is 5.58. The van der Waals surface area contributed by atoms with Gasteiger partial charge in [-0.15, -0.1) is 5.10 Å². The van der Waals surface area contributed by atoms with Gasteiger partial charge in [0.05, 0.1) is 19.4 Å². The lowest BCUT2D eigenvalue weighted by molar-refractivity contribution is 0.102. The summed E-state index contributed by atoms with van der Waals surface area (Å²) in [4.78, 5) is 17.3. The molecule has 0 spiro atoms. The Balaban J connectivity index is 1.37. The molecule has 1 aliphatic heterocycles. The number of carbonyl (C=O) groups is 1. The maximum absolute atomic E-state index is 12.7. The molecule has 1 amide bonds. The largest absolute Gasteiger partial charge is 0.497 e. The maximum atomic E-state index is 12.7. The van der Waals surface area contributed by atoms with Crippen molar-refractivity contribution in [1.29, 1.82) is 0 Å². The molecule has 37 heavy (non-hydrogen) atoms. The van der Waals surface area contributed by atoms with Gasteiger partial charge in [-0.25, -0.2) is 4.68 Å². The molecule has 5 rings (SSSR count). The van der Waals surface area contributed by atoms with Crippen molar-refractivity contribution < 1.29 is 28.5 Å². The fourth-order valence-electron chi connectivity index (χ4n) is 3.75. The topological polar surface area (TPSA) is 106 Å². The molecule has 10 nitrogen and oxygen atoms in total. The minimum absolute atomic E-state index is 0.154. The van der Waals surface area contributed by atoms with Crippen LogP contribution in [0.15, 0.2) is 66.7 Å². The zero-order valence-corrected chi connectivity index (χ0v) is 20.5. The van der Waals surface area contributed by atoms with Gasteiger partial charge >= 0.3 is 6.01 Å². The molecule has 2 heterocycles. The first-order valence-corrected chi connectivity index (χ1v) is 11.8. The van der Waals surface area contributed by atoms with E-state index in [0.29, 0.717) is 54.1 Å². The summed E-state index contributed by atoms with van der Waals surface area (Å²) in [5.74, 6) is 2.21. The van der Waals surface area contributed by atoms with Gasteiger partial charge < -0.3 is 29.0 Å². The first-order chi connectivity index (χ1) is 18.1. The van der Waals surface area contributed by atoms with Gasteiger partial charge in [-0.05, 0) is 61.5 Å². The average Bonchev–Trinajstić information content (AvgIpc) is 3.58. The highest BCUT2D eigenvalue weighted by Crippen LogP contribution is 2.33. The summed E-state index contributed by atoms with van der Waals surface area (Å²) in [7, 11) is 1.61. The van der Waals surface area contributed by atoms with Crippen LogP contribution in [0.2, 0.25) is 0 Å². The van der Waals surface area contributed by atoms with Crippen LogP contribution >= 0.6 is 0 Å². The number of nitrogens with one attached hydrogen (secondary N) is 1. The number of fused-ring (bicyclic) bond motifs is 1. The summed E-state index contributed by atoms with van der Waals surface area (Å²) < 4.78 is 28.8. The number of anilines is 1. The van der Waals surface area contributed by atoms with Crippen LogP contribution in [-0.4, -0.2) is 54.4 Å². The van der Waals surface area contributed by atoms with Crippen LogP contribution in [0.5, 0.6) is 23.3 Å². The number of hydrogen-bond acceptors (Lipinski definition) is 8. The van der Waals surface area contributed by atoms with E-state index in [2.05, 4.69) is 15.4 Å². The zero-order chi connectivity index (χ0) is 25.6. The fraction of sp³-hybridized carbons (Fsp3) is 0.222. The Morgan fingerprint density at radius 3 is 2.68 bits per heavy atom. The predicted octanol–water partition coefficient (Wildman–Crippen LogP) is 4.34. The molecule has 0 aliphatic carbocycles. The quantitative estimate of drug-likeness (QED) is 0.319. The highest BCUT2D eigenvalue weighted by molar-refractivity contribution is 6.04. The van der Waals surface area contributed by atoms with Gasteiger partial charge in [0.1, 0.15) is 12.4 Å². The number of nitrogens with zero attached hydrogens (tertiary/aromatic N) is 3. The third-order valence-electron chi connectivity index (χ3n) is 5.58. The second-order valence-electron chi connectivity index (χ2n) is 7.98. The van der Waals surface area contributed by atoms with Crippen molar-refractivity contribution >= 4 is 11.6 Å². The molecule has 1 aliphatic rings. The number of hydrogen-bond donors (Lipinski definition) is 1.